The van der Waals surface area contributed by atoms with Crippen LogP contribution in [0.2, 0.25) is 0 Å². The second-order valence-electron chi connectivity index (χ2n) is 4.68. The Hall–Kier alpha value is -1.29. The van der Waals surface area contributed by atoms with E-state index in [1.165, 1.54) is 16.0 Å². The largest absolute Gasteiger partial charge is 0.366 e. The van der Waals surface area contributed by atoms with Crippen molar-refractivity contribution >= 4 is 11.8 Å². The SMILES string of the molecule is CNC(C)c1ccc(SCOCc2ccccc2)cc1. The second-order valence-corrected chi connectivity index (χ2v) is 5.67. The quantitative estimate of drug-likeness (QED) is 0.468. The number of rotatable bonds is 7. The van der Waals surface area contributed by atoms with E-state index >= 15 is 0 Å². The number of thioether (sulfide) groups is 1. The minimum atomic E-state index is 0.392. The first-order valence-electron chi connectivity index (χ1n) is 6.81. The lowest BCUT2D eigenvalue weighted by atomic mass is 10.1. The number of ether oxygens (including phenoxy) is 1. The third kappa shape index (κ3) is 4.67. The molecule has 3 heteroatoms. The Morgan fingerprint density at radius 3 is 2.40 bits per heavy atom. The highest BCUT2D eigenvalue weighted by Crippen LogP contribution is 2.21. The zero-order valence-electron chi connectivity index (χ0n) is 12.0. The van der Waals surface area contributed by atoms with Gasteiger partial charge in [0.15, 0.2) is 0 Å². The molecule has 0 bridgehead atoms. The number of hydrogen-bond acceptors (Lipinski definition) is 3. The zero-order valence-corrected chi connectivity index (χ0v) is 12.8. The first kappa shape index (κ1) is 15.1. The van der Waals surface area contributed by atoms with E-state index in [-0.39, 0.29) is 0 Å². The number of nitrogens with one attached hydrogen (secondary N) is 1. The summed E-state index contributed by atoms with van der Waals surface area (Å²) in [5.41, 5.74) is 2.52. The molecule has 0 aliphatic heterocycles. The maximum Gasteiger partial charge on any atom is 0.0971 e. The van der Waals surface area contributed by atoms with Gasteiger partial charge in [0.05, 0.1) is 12.5 Å². The molecule has 0 aliphatic rings. The van der Waals surface area contributed by atoms with Crippen molar-refractivity contribution in [3.63, 3.8) is 0 Å². The summed E-state index contributed by atoms with van der Waals surface area (Å²) in [6.07, 6.45) is 0. The molecule has 0 heterocycles. The fourth-order valence-electron chi connectivity index (χ4n) is 1.86. The Morgan fingerprint density at radius 2 is 1.75 bits per heavy atom. The summed E-state index contributed by atoms with van der Waals surface area (Å²) in [4.78, 5) is 1.24. The molecule has 0 amide bonds. The summed E-state index contributed by atoms with van der Waals surface area (Å²) >= 11 is 1.73. The van der Waals surface area contributed by atoms with Gasteiger partial charge in [0.25, 0.3) is 0 Å². The predicted molar refractivity (Wildman–Crippen MR) is 85.9 cm³/mol. The Kier molecular flexibility index (Phi) is 6.12. The Labute approximate surface area is 125 Å². The van der Waals surface area contributed by atoms with Gasteiger partial charge in [-0.05, 0) is 37.2 Å². The molecule has 0 aromatic heterocycles. The van der Waals surface area contributed by atoms with Crippen molar-refractivity contribution in [3.8, 4) is 0 Å². The van der Waals surface area contributed by atoms with E-state index < -0.39 is 0 Å². The van der Waals surface area contributed by atoms with Gasteiger partial charge >= 0.3 is 0 Å². The average Bonchev–Trinajstić information content (AvgIpc) is 2.52. The van der Waals surface area contributed by atoms with Crippen LogP contribution in [0.15, 0.2) is 59.5 Å². The number of benzene rings is 2. The minimum absolute atomic E-state index is 0.392. The third-order valence-corrected chi connectivity index (χ3v) is 4.12. The molecule has 2 aromatic rings. The van der Waals surface area contributed by atoms with Gasteiger partial charge in [-0.1, -0.05) is 54.2 Å². The van der Waals surface area contributed by atoms with Gasteiger partial charge in [-0.15, -0.1) is 0 Å². The molecule has 1 atom stereocenters. The molecular formula is C17H21NOS. The molecule has 2 rings (SSSR count). The molecule has 0 spiro atoms. The summed E-state index contributed by atoms with van der Waals surface area (Å²) in [7, 11) is 1.98. The lowest BCUT2D eigenvalue weighted by Gasteiger charge is -2.11. The molecule has 20 heavy (non-hydrogen) atoms. The van der Waals surface area contributed by atoms with Crippen LogP contribution < -0.4 is 5.32 Å². The molecule has 0 saturated heterocycles. The van der Waals surface area contributed by atoms with Crippen LogP contribution in [-0.2, 0) is 11.3 Å². The van der Waals surface area contributed by atoms with Crippen molar-refractivity contribution in [2.24, 2.45) is 0 Å². The van der Waals surface area contributed by atoms with Crippen LogP contribution in [-0.4, -0.2) is 13.0 Å². The lowest BCUT2D eigenvalue weighted by molar-refractivity contribution is 0.169. The molecule has 106 valence electrons. The molecule has 0 fully saturated rings. The van der Waals surface area contributed by atoms with E-state index in [4.69, 9.17) is 4.74 Å². The highest BCUT2D eigenvalue weighted by molar-refractivity contribution is 7.99. The van der Waals surface area contributed by atoms with Crippen molar-refractivity contribution in [1.29, 1.82) is 0 Å². The van der Waals surface area contributed by atoms with E-state index in [0.29, 0.717) is 18.6 Å². The van der Waals surface area contributed by atoms with E-state index in [0.717, 1.165) is 0 Å². The van der Waals surface area contributed by atoms with Gasteiger partial charge in [0, 0.05) is 10.9 Å². The molecule has 2 aromatic carbocycles. The summed E-state index contributed by atoms with van der Waals surface area (Å²) < 4.78 is 5.67. The van der Waals surface area contributed by atoms with Crippen molar-refractivity contribution in [2.75, 3.05) is 13.0 Å². The van der Waals surface area contributed by atoms with Crippen molar-refractivity contribution in [2.45, 2.75) is 24.5 Å². The Morgan fingerprint density at radius 1 is 1.05 bits per heavy atom. The van der Waals surface area contributed by atoms with Gasteiger partial charge in [-0.25, -0.2) is 0 Å². The van der Waals surface area contributed by atoms with E-state index in [1.54, 1.807) is 11.8 Å². The van der Waals surface area contributed by atoms with Gasteiger partial charge in [0.2, 0.25) is 0 Å². The molecule has 0 radical (unpaired) electrons. The first-order chi connectivity index (χ1) is 9.79. The van der Waals surface area contributed by atoms with Crippen LogP contribution >= 0.6 is 11.8 Å². The van der Waals surface area contributed by atoms with Crippen molar-refractivity contribution < 1.29 is 4.74 Å². The van der Waals surface area contributed by atoms with Gasteiger partial charge in [0.1, 0.15) is 0 Å². The van der Waals surface area contributed by atoms with Gasteiger partial charge in [-0.2, -0.15) is 0 Å². The maximum absolute atomic E-state index is 5.67. The average molecular weight is 287 g/mol. The molecular weight excluding hydrogens is 266 g/mol. The van der Waals surface area contributed by atoms with Crippen LogP contribution in [0, 0.1) is 0 Å². The standard InChI is InChI=1S/C17H21NOS/c1-14(18-2)16-8-10-17(11-9-16)20-13-19-12-15-6-4-3-5-7-15/h3-11,14,18H,12-13H2,1-2H3. The minimum Gasteiger partial charge on any atom is -0.366 e. The van der Waals surface area contributed by atoms with Crippen LogP contribution in [0.1, 0.15) is 24.1 Å². The summed E-state index contributed by atoms with van der Waals surface area (Å²) in [5, 5.41) is 3.24. The van der Waals surface area contributed by atoms with Crippen molar-refractivity contribution in [1.82, 2.24) is 5.32 Å². The van der Waals surface area contributed by atoms with Crippen LogP contribution in [0.3, 0.4) is 0 Å². The summed E-state index contributed by atoms with van der Waals surface area (Å²) in [6.45, 7) is 2.83. The van der Waals surface area contributed by atoms with E-state index in [1.807, 2.05) is 25.2 Å². The molecule has 1 N–H and O–H groups in total. The molecule has 1 unspecified atom stereocenters. The van der Waals surface area contributed by atoms with Gasteiger partial charge in [-0.3, -0.25) is 0 Å². The van der Waals surface area contributed by atoms with Crippen LogP contribution in [0.25, 0.3) is 0 Å². The van der Waals surface area contributed by atoms with E-state index in [2.05, 4.69) is 48.6 Å². The second kappa shape index (κ2) is 8.10. The summed E-state index contributed by atoms with van der Waals surface area (Å²) in [6, 6.07) is 19.3. The monoisotopic (exact) mass is 287 g/mol. The topological polar surface area (TPSA) is 21.3 Å². The fraction of sp³-hybridized carbons (Fsp3) is 0.294. The van der Waals surface area contributed by atoms with Crippen molar-refractivity contribution in [3.05, 3.63) is 65.7 Å². The molecule has 0 aliphatic carbocycles. The molecule has 0 saturated carbocycles. The number of hydrogen-bond donors (Lipinski definition) is 1. The zero-order chi connectivity index (χ0) is 14.2. The highest BCUT2D eigenvalue weighted by Gasteiger charge is 2.02. The first-order valence-corrected chi connectivity index (χ1v) is 7.80. The Bertz CT molecular complexity index is 498. The smallest absolute Gasteiger partial charge is 0.0971 e. The highest BCUT2D eigenvalue weighted by atomic mass is 32.2. The summed E-state index contributed by atoms with van der Waals surface area (Å²) in [5.74, 6) is 0.676. The van der Waals surface area contributed by atoms with Crippen LogP contribution in [0.5, 0.6) is 0 Å². The molecule has 2 nitrogen and oxygen atoms in total. The Balaban J connectivity index is 1.74. The lowest BCUT2D eigenvalue weighted by Crippen LogP contribution is -2.11. The predicted octanol–water partition coefficient (Wildman–Crippen LogP) is 4.23. The normalized spacial score (nSPS) is 12.3. The van der Waals surface area contributed by atoms with Crippen LogP contribution in [0.4, 0.5) is 0 Å². The third-order valence-electron chi connectivity index (χ3n) is 3.23. The maximum atomic E-state index is 5.67. The fourth-order valence-corrected chi connectivity index (χ4v) is 2.49. The van der Waals surface area contributed by atoms with Gasteiger partial charge < -0.3 is 10.1 Å². The van der Waals surface area contributed by atoms with E-state index in [9.17, 15) is 0 Å².